The molecule has 152 valence electrons. The number of thioether (sulfide) groups is 1. The van der Waals surface area contributed by atoms with Gasteiger partial charge in [0.15, 0.2) is 5.16 Å². The molecular formula is C21H20ClFN2O3S. The van der Waals surface area contributed by atoms with E-state index < -0.39 is 0 Å². The van der Waals surface area contributed by atoms with Gasteiger partial charge in [0, 0.05) is 17.4 Å². The average Bonchev–Trinajstić information content (AvgIpc) is 3.22. The molecule has 0 radical (unpaired) electrons. The van der Waals surface area contributed by atoms with Crippen LogP contribution >= 0.6 is 23.4 Å². The molecule has 0 saturated carbocycles. The molecule has 4 rings (SSSR count). The van der Waals surface area contributed by atoms with Crippen LogP contribution in [-0.4, -0.2) is 34.6 Å². The highest BCUT2D eigenvalue weighted by molar-refractivity contribution is 7.99. The van der Waals surface area contributed by atoms with E-state index in [0.29, 0.717) is 45.7 Å². The van der Waals surface area contributed by atoms with Crippen molar-refractivity contribution in [3.8, 4) is 5.75 Å². The van der Waals surface area contributed by atoms with Crippen LogP contribution < -0.4 is 10.3 Å². The summed E-state index contributed by atoms with van der Waals surface area (Å²) in [6.45, 7) is 1.61. The molecule has 1 unspecified atom stereocenters. The van der Waals surface area contributed by atoms with Gasteiger partial charge in [-0.15, -0.1) is 0 Å². The maximum absolute atomic E-state index is 13.1. The minimum atomic E-state index is -0.302. The molecule has 8 heteroatoms. The maximum Gasteiger partial charge on any atom is 0.262 e. The fourth-order valence-corrected chi connectivity index (χ4v) is 4.25. The minimum Gasteiger partial charge on any atom is -0.493 e. The van der Waals surface area contributed by atoms with E-state index in [-0.39, 0.29) is 17.5 Å². The minimum absolute atomic E-state index is 0.0223. The fraction of sp³-hybridized carbons (Fsp3) is 0.333. The molecule has 5 nitrogen and oxygen atoms in total. The fourth-order valence-electron chi connectivity index (χ4n) is 3.26. The van der Waals surface area contributed by atoms with Crippen molar-refractivity contribution in [3.63, 3.8) is 0 Å². The predicted molar refractivity (Wildman–Crippen MR) is 113 cm³/mol. The van der Waals surface area contributed by atoms with Crippen LogP contribution in [0.1, 0.15) is 12.8 Å². The summed E-state index contributed by atoms with van der Waals surface area (Å²) in [6, 6.07) is 11.0. The van der Waals surface area contributed by atoms with Crippen molar-refractivity contribution in [1.82, 2.24) is 9.55 Å². The lowest BCUT2D eigenvalue weighted by molar-refractivity contribution is 0.0937. The Morgan fingerprint density at radius 3 is 2.86 bits per heavy atom. The van der Waals surface area contributed by atoms with Gasteiger partial charge in [-0.25, -0.2) is 9.37 Å². The van der Waals surface area contributed by atoms with Crippen LogP contribution in [0.2, 0.25) is 5.02 Å². The summed E-state index contributed by atoms with van der Waals surface area (Å²) in [4.78, 5) is 17.8. The number of hydrogen-bond acceptors (Lipinski definition) is 5. The highest BCUT2D eigenvalue weighted by Gasteiger charge is 2.20. The van der Waals surface area contributed by atoms with Crippen molar-refractivity contribution >= 4 is 34.3 Å². The van der Waals surface area contributed by atoms with Gasteiger partial charge in [0.1, 0.15) is 11.6 Å². The molecule has 1 aliphatic heterocycles. The van der Waals surface area contributed by atoms with Crippen LogP contribution in [0.3, 0.4) is 0 Å². The van der Waals surface area contributed by atoms with Crippen molar-refractivity contribution in [2.45, 2.75) is 30.6 Å². The molecule has 1 fully saturated rings. The Kier molecular flexibility index (Phi) is 6.37. The van der Waals surface area contributed by atoms with E-state index in [1.54, 1.807) is 34.9 Å². The normalized spacial score (nSPS) is 16.4. The van der Waals surface area contributed by atoms with Gasteiger partial charge in [-0.2, -0.15) is 0 Å². The molecule has 2 heterocycles. The third-order valence-corrected chi connectivity index (χ3v) is 5.87. The molecular weight excluding hydrogens is 415 g/mol. The van der Waals surface area contributed by atoms with Crippen LogP contribution in [0.4, 0.5) is 4.39 Å². The molecule has 0 spiro atoms. The number of halogens is 2. The van der Waals surface area contributed by atoms with Gasteiger partial charge in [-0.1, -0.05) is 23.4 Å². The summed E-state index contributed by atoms with van der Waals surface area (Å²) in [6.07, 6.45) is 1.96. The van der Waals surface area contributed by atoms with Crippen molar-refractivity contribution in [1.29, 1.82) is 0 Å². The summed E-state index contributed by atoms with van der Waals surface area (Å²) in [5, 5.41) is 1.69. The quantitative estimate of drug-likeness (QED) is 0.310. The number of rotatable bonds is 7. The molecule has 1 saturated heterocycles. The zero-order valence-corrected chi connectivity index (χ0v) is 17.2. The van der Waals surface area contributed by atoms with E-state index in [1.807, 2.05) is 0 Å². The first-order chi connectivity index (χ1) is 14.1. The molecule has 1 atom stereocenters. The van der Waals surface area contributed by atoms with E-state index in [0.717, 1.165) is 19.4 Å². The summed E-state index contributed by atoms with van der Waals surface area (Å²) in [5.41, 5.74) is 0.483. The number of ether oxygens (including phenoxy) is 2. The molecule has 0 amide bonds. The molecule has 1 aromatic heterocycles. The largest absolute Gasteiger partial charge is 0.493 e. The summed E-state index contributed by atoms with van der Waals surface area (Å²) < 4.78 is 26.0. The van der Waals surface area contributed by atoms with Crippen LogP contribution in [0.5, 0.6) is 5.75 Å². The van der Waals surface area contributed by atoms with E-state index in [4.69, 9.17) is 21.1 Å². The Morgan fingerprint density at radius 1 is 1.28 bits per heavy atom. The number of aromatic nitrogens is 2. The Hall–Kier alpha value is -2.09. The third kappa shape index (κ3) is 4.91. The zero-order valence-electron chi connectivity index (χ0n) is 15.6. The standard InChI is InChI=1S/C21H20ClFN2O3S/c22-14-3-8-18-19(12-14)24-21(25(20(18)26)13-17-2-1-9-27-17)29-11-10-28-16-6-4-15(23)5-7-16/h3-8,12,17H,1-2,9-11,13H2. The smallest absolute Gasteiger partial charge is 0.262 e. The zero-order chi connectivity index (χ0) is 20.2. The van der Waals surface area contributed by atoms with Gasteiger partial charge in [0.25, 0.3) is 5.56 Å². The van der Waals surface area contributed by atoms with Crippen LogP contribution in [0.15, 0.2) is 52.4 Å². The molecule has 29 heavy (non-hydrogen) atoms. The Balaban J connectivity index is 1.53. The van der Waals surface area contributed by atoms with E-state index in [1.165, 1.54) is 23.9 Å². The number of nitrogens with zero attached hydrogens (tertiary/aromatic N) is 2. The van der Waals surface area contributed by atoms with Crippen molar-refractivity contribution in [2.24, 2.45) is 0 Å². The van der Waals surface area contributed by atoms with Crippen molar-refractivity contribution in [2.75, 3.05) is 19.0 Å². The molecule has 1 aliphatic rings. The van der Waals surface area contributed by atoms with Crippen LogP contribution in [-0.2, 0) is 11.3 Å². The van der Waals surface area contributed by atoms with E-state index >= 15 is 0 Å². The molecule has 0 bridgehead atoms. The molecule has 0 aliphatic carbocycles. The van der Waals surface area contributed by atoms with E-state index in [2.05, 4.69) is 4.98 Å². The van der Waals surface area contributed by atoms with Crippen molar-refractivity contribution in [3.05, 3.63) is 63.7 Å². The van der Waals surface area contributed by atoms with E-state index in [9.17, 15) is 9.18 Å². The SMILES string of the molecule is O=c1c2ccc(Cl)cc2nc(SCCOc2ccc(F)cc2)n1CC1CCCO1. The number of hydrogen-bond donors (Lipinski definition) is 0. The highest BCUT2D eigenvalue weighted by atomic mass is 35.5. The molecule has 2 aromatic carbocycles. The van der Waals surface area contributed by atoms with Crippen LogP contribution in [0, 0.1) is 5.82 Å². The maximum atomic E-state index is 13.1. The Morgan fingerprint density at radius 2 is 2.10 bits per heavy atom. The lowest BCUT2D eigenvalue weighted by Gasteiger charge is -2.16. The number of fused-ring (bicyclic) bond motifs is 1. The Labute approximate surface area is 176 Å². The number of benzene rings is 2. The highest BCUT2D eigenvalue weighted by Crippen LogP contribution is 2.23. The van der Waals surface area contributed by atoms with Crippen LogP contribution in [0.25, 0.3) is 10.9 Å². The lowest BCUT2D eigenvalue weighted by Crippen LogP contribution is -2.29. The second-order valence-corrected chi connectivity index (χ2v) is 8.26. The monoisotopic (exact) mass is 434 g/mol. The topological polar surface area (TPSA) is 53.3 Å². The second-order valence-electron chi connectivity index (χ2n) is 6.76. The van der Waals surface area contributed by atoms with Crippen molar-refractivity contribution < 1.29 is 13.9 Å². The first-order valence-corrected chi connectivity index (χ1v) is 10.8. The van der Waals surface area contributed by atoms with Gasteiger partial charge in [0.05, 0.1) is 30.2 Å². The summed E-state index contributed by atoms with van der Waals surface area (Å²) in [5.74, 6) is 0.882. The first-order valence-electron chi connectivity index (χ1n) is 9.43. The van der Waals surface area contributed by atoms with Gasteiger partial charge in [-0.3, -0.25) is 9.36 Å². The lowest BCUT2D eigenvalue weighted by atomic mass is 10.2. The second kappa shape index (κ2) is 9.15. The average molecular weight is 435 g/mol. The van der Waals surface area contributed by atoms with Gasteiger partial charge >= 0.3 is 0 Å². The summed E-state index contributed by atoms with van der Waals surface area (Å²) in [7, 11) is 0. The molecule has 0 N–H and O–H groups in total. The third-order valence-electron chi connectivity index (χ3n) is 4.69. The van der Waals surface area contributed by atoms with Gasteiger partial charge in [0.2, 0.25) is 0 Å². The summed E-state index contributed by atoms with van der Waals surface area (Å²) >= 11 is 7.53. The molecule has 3 aromatic rings. The first kappa shape index (κ1) is 20.2. The Bertz CT molecular complexity index is 1050. The van der Waals surface area contributed by atoms with Gasteiger partial charge < -0.3 is 9.47 Å². The predicted octanol–water partition coefficient (Wildman–Crippen LogP) is 4.54. The van der Waals surface area contributed by atoms with Gasteiger partial charge in [-0.05, 0) is 55.3 Å².